The number of aromatic nitrogens is 2. The number of carbonyl (C=O) groups excluding carboxylic acids is 1. The Morgan fingerprint density at radius 2 is 1.94 bits per heavy atom. The number of nitrogens with zero attached hydrogens (tertiary/aromatic N) is 2. The zero-order valence-electron chi connectivity index (χ0n) is 17.5. The monoisotopic (exact) mass is 433 g/mol. The van der Waals surface area contributed by atoms with Crippen molar-refractivity contribution in [2.24, 2.45) is 0 Å². The minimum atomic E-state index is -0.539. The third-order valence-corrected chi connectivity index (χ3v) is 4.84. The first-order chi connectivity index (χ1) is 15.6. The maximum Gasteiger partial charge on any atom is 0.325 e. The van der Waals surface area contributed by atoms with E-state index in [2.05, 4.69) is 15.3 Å². The Balaban J connectivity index is 1.34. The van der Waals surface area contributed by atoms with Crippen molar-refractivity contribution in [1.82, 2.24) is 15.3 Å². The van der Waals surface area contributed by atoms with Gasteiger partial charge in [0.25, 0.3) is 5.91 Å². The molecule has 2 atom stereocenters. The normalized spacial score (nSPS) is 15.8. The van der Waals surface area contributed by atoms with Crippen LogP contribution in [-0.2, 0) is 22.4 Å². The van der Waals surface area contributed by atoms with Crippen LogP contribution in [0.3, 0.4) is 0 Å². The predicted octanol–water partition coefficient (Wildman–Crippen LogP) is 3.25. The standard InChI is InChI=1S/C24H23N3O5/c1-16(28)19-9-7-18(8-10-19)12-26-23(29)20-13-25-15-27-24(20)32-22-14-30-21(31-22)11-17-5-3-2-4-6-17/h2-10,13-16,21,28H,11-12H2,1H3,(H,26,29). The van der Waals surface area contributed by atoms with E-state index in [1.165, 1.54) is 18.8 Å². The van der Waals surface area contributed by atoms with Gasteiger partial charge in [0.2, 0.25) is 12.2 Å². The lowest BCUT2D eigenvalue weighted by Crippen LogP contribution is -2.24. The molecule has 0 fully saturated rings. The highest BCUT2D eigenvalue weighted by Gasteiger charge is 2.24. The molecule has 2 aromatic carbocycles. The topological polar surface area (TPSA) is 103 Å². The van der Waals surface area contributed by atoms with Crippen molar-refractivity contribution in [1.29, 1.82) is 0 Å². The lowest BCUT2D eigenvalue weighted by Gasteiger charge is -2.13. The van der Waals surface area contributed by atoms with Crippen LogP contribution in [0.5, 0.6) is 5.88 Å². The molecule has 0 aliphatic carbocycles. The molecule has 0 spiro atoms. The number of aliphatic hydroxyl groups is 1. The maximum atomic E-state index is 12.7. The molecule has 1 aliphatic heterocycles. The van der Waals surface area contributed by atoms with E-state index < -0.39 is 12.4 Å². The molecule has 2 N–H and O–H groups in total. The fourth-order valence-corrected chi connectivity index (χ4v) is 3.10. The van der Waals surface area contributed by atoms with Crippen molar-refractivity contribution in [2.45, 2.75) is 32.3 Å². The minimum Gasteiger partial charge on any atom is -0.455 e. The molecule has 32 heavy (non-hydrogen) atoms. The van der Waals surface area contributed by atoms with E-state index in [1.54, 1.807) is 6.92 Å². The summed E-state index contributed by atoms with van der Waals surface area (Å²) in [4.78, 5) is 20.7. The van der Waals surface area contributed by atoms with E-state index in [-0.39, 0.29) is 23.3 Å². The molecule has 0 radical (unpaired) electrons. The van der Waals surface area contributed by atoms with Crippen molar-refractivity contribution in [3.63, 3.8) is 0 Å². The van der Waals surface area contributed by atoms with Crippen LogP contribution in [0.1, 0.15) is 40.1 Å². The molecule has 1 aliphatic rings. The van der Waals surface area contributed by atoms with Gasteiger partial charge in [0, 0.05) is 19.2 Å². The van der Waals surface area contributed by atoms with Gasteiger partial charge < -0.3 is 24.6 Å². The number of ether oxygens (including phenoxy) is 3. The van der Waals surface area contributed by atoms with Gasteiger partial charge >= 0.3 is 5.95 Å². The van der Waals surface area contributed by atoms with Gasteiger partial charge in [-0.2, -0.15) is 0 Å². The number of hydrogen-bond donors (Lipinski definition) is 2. The number of aliphatic hydroxyl groups excluding tert-OH is 1. The van der Waals surface area contributed by atoms with E-state index in [1.807, 2.05) is 54.6 Å². The van der Waals surface area contributed by atoms with Crippen LogP contribution in [-0.4, -0.2) is 27.3 Å². The molecular weight excluding hydrogens is 410 g/mol. The van der Waals surface area contributed by atoms with Gasteiger partial charge in [-0.3, -0.25) is 4.79 Å². The molecule has 164 valence electrons. The first kappa shape index (κ1) is 21.3. The van der Waals surface area contributed by atoms with Crippen LogP contribution in [0, 0.1) is 0 Å². The first-order valence-corrected chi connectivity index (χ1v) is 10.2. The van der Waals surface area contributed by atoms with Crippen molar-refractivity contribution in [2.75, 3.05) is 0 Å². The molecule has 2 heterocycles. The number of nitrogens with one attached hydrogen (secondary N) is 1. The Kier molecular flexibility index (Phi) is 6.62. The van der Waals surface area contributed by atoms with E-state index in [9.17, 15) is 9.90 Å². The minimum absolute atomic E-state index is 0.0668. The third-order valence-electron chi connectivity index (χ3n) is 4.84. The SMILES string of the molecule is CC(O)c1ccc(CNC(=O)c2cncnc2OC2=COC(Cc3ccccc3)O2)cc1. The first-order valence-electron chi connectivity index (χ1n) is 10.2. The average molecular weight is 433 g/mol. The molecule has 2 unspecified atom stereocenters. The highest BCUT2D eigenvalue weighted by Crippen LogP contribution is 2.23. The molecular formula is C24H23N3O5. The van der Waals surface area contributed by atoms with Gasteiger partial charge in [0.05, 0.1) is 6.10 Å². The smallest absolute Gasteiger partial charge is 0.325 e. The molecule has 8 nitrogen and oxygen atoms in total. The van der Waals surface area contributed by atoms with Crippen LogP contribution in [0.2, 0.25) is 0 Å². The van der Waals surface area contributed by atoms with Gasteiger partial charge in [-0.1, -0.05) is 54.6 Å². The van der Waals surface area contributed by atoms with Crippen LogP contribution in [0.4, 0.5) is 0 Å². The quantitative estimate of drug-likeness (QED) is 0.562. The van der Waals surface area contributed by atoms with Crippen molar-refractivity contribution in [3.05, 3.63) is 102 Å². The van der Waals surface area contributed by atoms with E-state index in [0.29, 0.717) is 13.0 Å². The maximum absolute atomic E-state index is 12.7. The highest BCUT2D eigenvalue weighted by molar-refractivity contribution is 5.96. The lowest BCUT2D eigenvalue weighted by molar-refractivity contribution is -0.0525. The second-order valence-electron chi connectivity index (χ2n) is 7.25. The van der Waals surface area contributed by atoms with E-state index in [0.717, 1.165) is 16.7 Å². The zero-order chi connectivity index (χ0) is 22.3. The van der Waals surface area contributed by atoms with Gasteiger partial charge in [0.15, 0.2) is 6.26 Å². The summed E-state index contributed by atoms with van der Waals surface area (Å²) in [5.74, 6) is -0.204. The largest absolute Gasteiger partial charge is 0.455 e. The van der Waals surface area contributed by atoms with Crippen molar-refractivity contribution < 1.29 is 24.1 Å². The highest BCUT2D eigenvalue weighted by atomic mass is 16.8. The third kappa shape index (κ3) is 5.41. The summed E-state index contributed by atoms with van der Waals surface area (Å²) < 4.78 is 16.8. The molecule has 1 amide bonds. The fraction of sp³-hybridized carbons (Fsp3) is 0.208. The van der Waals surface area contributed by atoms with Crippen molar-refractivity contribution >= 4 is 5.91 Å². The Bertz CT molecular complexity index is 1080. The molecule has 3 aromatic rings. The van der Waals surface area contributed by atoms with Crippen LogP contribution in [0.15, 0.2) is 79.3 Å². The summed E-state index contributed by atoms with van der Waals surface area (Å²) in [7, 11) is 0. The lowest BCUT2D eigenvalue weighted by atomic mass is 10.1. The summed E-state index contributed by atoms with van der Waals surface area (Å²) in [6.07, 6.45) is 3.53. The Hall–Kier alpha value is -3.91. The van der Waals surface area contributed by atoms with Crippen molar-refractivity contribution in [3.8, 4) is 5.88 Å². The summed E-state index contributed by atoms with van der Waals surface area (Å²) in [5.41, 5.74) is 2.94. The molecule has 4 rings (SSSR count). The number of benzene rings is 2. The van der Waals surface area contributed by atoms with E-state index >= 15 is 0 Å². The number of hydrogen-bond acceptors (Lipinski definition) is 7. The Labute approximate surface area is 185 Å². The molecule has 0 saturated carbocycles. The van der Waals surface area contributed by atoms with Gasteiger partial charge in [-0.25, -0.2) is 9.97 Å². The molecule has 0 saturated heterocycles. The zero-order valence-corrected chi connectivity index (χ0v) is 17.5. The predicted molar refractivity (Wildman–Crippen MR) is 115 cm³/mol. The number of amides is 1. The van der Waals surface area contributed by atoms with E-state index in [4.69, 9.17) is 14.2 Å². The molecule has 8 heteroatoms. The second-order valence-corrected chi connectivity index (χ2v) is 7.25. The van der Waals surface area contributed by atoms with Crippen LogP contribution >= 0.6 is 0 Å². The van der Waals surface area contributed by atoms with Crippen LogP contribution in [0.25, 0.3) is 0 Å². The Morgan fingerprint density at radius 3 is 2.69 bits per heavy atom. The summed E-state index contributed by atoms with van der Waals surface area (Å²) >= 11 is 0. The summed E-state index contributed by atoms with van der Waals surface area (Å²) in [6, 6.07) is 17.1. The van der Waals surface area contributed by atoms with Gasteiger partial charge in [-0.15, -0.1) is 0 Å². The summed E-state index contributed by atoms with van der Waals surface area (Å²) in [6.45, 7) is 2.00. The Morgan fingerprint density at radius 1 is 1.16 bits per heavy atom. The van der Waals surface area contributed by atoms with Gasteiger partial charge in [0.1, 0.15) is 11.9 Å². The fourth-order valence-electron chi connectivity index (χ4n) is 3.10. The molecule has 1 aromatic heterocycles. The van der Waals surface area contributed by atoms with Gasteiger partial charge in [-0.05, 0) is 23.6 Å². The number of rotatable bonds is 8. The average Bonchev–Trinajstić information content (AvgIpc) is 3.25. The summed E-state index contributed by atoms with van der Waals surface area (Å²) in [5, 5.41) is 12.4. The van der Waals surface area contributed by atoms with Crippen LogP contribution < -0.4 is 10.1 Å². The second kappa shape index (κ2) is 9.93. The number of carbonyl (C=O) groups is 1. The molecule has 0 bridgehead atoms.